The molecule has 0 bridgehead atoms. The highest BCUT2D eigenvalue weighted by Crippen LogP contribution is 2.27. The van der Waals surface area contributed by atoms with Gasteiger partial charge in [-0.3, -0.25) is 9.36 Å². The Hall–Kier alpha value is -2.70. The number of rotatable bonds is 4. The molecule has 1 aliphatic rings. The number of imidazole rings is 1. The zero-order valence-electron chi connectivity index (χ0n) is 12.8. The van der Waals surface area contributed by atoms with E-state index in [4.69, 9.17) is 0 Å². The molecular weight excluding hydrogens is 296 g/mol. The molecule has 0 N–H and O–H groups in total. The van der Waals surface area contributed by atoms with Gasteiger partial charge in [-0.15, -0.1) is 0 Å². The Morgan fingerprint density at radius 2 is 2.13 bits per heavy atom. The normalized spacial score (nSPS) is 18.8. The van der Waals surface area contributed by atoms with Crippen LogP contribution in [0.5, 0.6) is 0 Å². The number of carbonyl (C=O) groups excluding carboxylic acids is 1. The Morgan fingerprint density at radius 3 is 2.70 bits per heavy atom. The molecule has 2 heterocycles. The average Bonchev–Trinajstić information content (AvgIpc) is 3.18. The molecule has 1 aromatic heterocycles. The number of hydrogen-bond donors (Lipinski definition) is 0. The van der Waals surface area contributed by atoms with Crippen LogP contribution in [0.1, 0.15) is 31.4 Å². The van der Waals surface area contributed by atoms with Gasteiger partial charge in [0.2, 0.25) is 6.33 Å². The Labute approximate surface area is 133 Å². The van der Waals surface area contributed by atoms with E-state index in [2.05, 4.69) is 4.98 Å². The first kappa shape index (κ1) is 15.2. The zero-order chi connectivity index (χ0) is 16.4. The van der Waals surface area contributed by atoms with E-state index >= 15 is 0 Å². The van der Waals surface area contributed by atoms with Gasteiger partial charge >= 0.3 is 5.82 Å². The Kier molecular flexibility index (Phi) is 4.10. The van der Waals surface area contributed by atoms with Crippen molar-refractivity contribution in [2.24, 2.45) is 0 Å². The van der Waals surface area contributed by atoms with Crippen LogP contribution in [-0.2, 0) is 4.79 Å². The minimum atomic E-state index is -0.627. The van der Waals surface area contributed by atoms with Gasteiger partial charge < -0.3 is 15.0 Å². The number of aromatic nitrogens is 2. The molecule has 0 spiro atoms. The molecule has 1 amide bonds. The van der Waals surface area contributed by atoms with Crippen molar-refractivity contribution in [2.75, 3.05) is 6.54 Å². The maximum atomic E-state index is 13.0. The second kappa shape index (κ2) is 6.20. The van der Waals surface area contributed by atoms with Gasteiger partial charge in [-0.1, -0.05) is 30.3 Å². The second-order valence-electron chi connectivity index (χ2n) is 5.77. The highest BCUT2D eigenvalue weighted by molar-refractivity contribution is 5.84. The number of benzene rings is 1. The molecule has 3 rings (SSSR count). The van der Waals surface area contributed by atoms with Crippen molar-refractivity contribution >= 4 is 11.7 Å². The predicted octanol–water partition coefficient (Wildman–Crippen LogP) is 2.39. The van der Waals surface area contributed by atoms with E-state index in [9.17, 15) is 14.9 Å². The lowest BCUT2D eigenvalue weighted by molar-refractivity contribution is -0.389. The molecular formula is C16H18N4O3. The van der Waals surface area contributed by atoms with Crippen molar-refractivity contribution in [3.05, 3.63) is 58.5 Å². The lowest BCUT2D eigenvalue weighted by Gasteiger charge is -2.27. The SMILES string of the molecule is C[C@@H]1CCCN1C(=O)C(c1ccccc1)n1cnc([N+](=O)[O-])c1. The number of likely N-dealkylation sites (tertiary alicyclic amines) is 1. The van der Waals surface area contributed by atoms with Crippen LogP contribution in [0.3, 0.4) is 0 Å². The molecule has 0 saturated carbocycles. The highest BCUT2D eigenvalue weighted by Gasteiger charge is 2.33. The summed E-state index contributed by atoms with van der Waals surface area (Å²) >= 11 is 0. The molecule has 1 aromatic carbocycles. The Bertz CT molecular complexity index is 713. The van der Waals surface area contributed by atoms with E-state index in [0.717, 1.165) is 24.9 Å². The van der Waals surface area contributed by atoms with E-state index in [1.54, 1.807) is 0 Å². The third kappa shape index (κ3) is 2.94. The zero-order valence-corrected chi connectivity index (χ0v) is 12.8. The quantitative estimate of drug-likeness (QED) is 0.641. The number of amides is 1. The van der Waals surface area contributed by atoms with Gasteiger partial charge in [0, 0.05) is 12.6 Å². The highest BCUT2D eigenvalue weighted by atomic mass is 16.6. The predicted molar refractivity (Wildman–Crippen MR) is 83.9 cm³/mol. The van der Waals surface area contributed by atoms with Crippen molar-refractivity contribution < 1.29 is 9.72 Å². The molecule has 1 fully saturated rings. The first-order chi connectivity index (χ1) is 11.1. The Morgan fingerprint density at radius 1 is 1.39 bits per heavy atom. The van der Waals surface area contributed by atoms with Crippen LogP contribution < -0.4 is 0 Å². The van der Waals surface area contributed by atoms with Gasteiger partial charge in [0.15, 0.2) is 0 Å². The molecule has 23 heavy (non-hydrogen) atoms. The third-order valence-electron chi connectivity index (χ3n) is 4.26. The molecule has 0 aliphatic carbocycles. The monoisotopic (exact) mass is 314 g/mol. The van der Waals surface area contributed by atoms with E-state index in [1.807, 2.05) is 42.2 Å². The summed E-state index contributed by atoms with van der Waals surface area (Å²) in [5.74, 6) is -0.304. The molecule has 1 aliphatic heterocycles. The van der Waals surface area contributed by atoms with Crippen LogP contribution in [0.25, 0.3) is 0 Å². The van der Waals surface area contributed by atoms with Crippen molar-refractivity contribution in [3.63, 3.8) is 0 Å². The summed E-state index contributed by atoms with van der Waals surface area (Å²) in [4.78, 5) is 29.0. The number of carbonyl (C=O) groups is 1. The molecule has 7 nitrogen and oxygen atoms in total. The topological polar surface area (TPSA) is 81.3 Å². The molecule has 120 valence electrons. The van der Waals surface area contributed by atoms with Crippen LogP contribution >= 0.6 is 0 Å². The minimum absolute atomic E-state index is 0.0477. The standard InChI is InChI=1S/C16H18N4O3/c1-12-6-5-9-19(12)16(21)15(13-7-3-2-4-8-13)18-10-14(17-11-18)20(22)23/h2-4,7-8,10-12,15H,5-6,9H2,1H3/t12-,15?/m1/s1. The number of nitrogens with zero attached hydrogens (tertiary/aromatic N) is 4. The summed E-state index contributed by atoms with van der Waals surface area (Å²) in [7, 11) is 0. The number of hydrogen-bond acceptors (Lipinski definition) is 4. The van der Waals surface area contributed by atoms with Gasteiger partial charge in [-0.05, 0) is 35.2 Å². The smallest absolute Gasteiger partial charge is 0.358 e. The van der Waals surface area contributed by atoms with Gasteiger partial charge in [-0.25, -0.2) is 0 Å². The van der Waals surface area contributed by atoms with Gasteiger partial charge in [0.1, 0.15) is 12.2 Å². The molecule has 1 unspecified atom stereocenters. The van der Waals surface area contributed by atoms with Crippen molar-refractivity contribution in [3.8, 4) is 0 Å². The van der Waals surface area contributed by atoms with Crippen LogP contribution in [0.2, 0.25) is 0 Å². The van der Waals surface area contributed by atoms with Crippen LogP contribution in [0.4, 0.5) is 5.82 Å². The van der Waals surface area contributed by atoms with Gasteiger partial charge in [-0.2, -0.15) is 0 Å². The van der Waals surface area contributed by atoms with Crippen molar-refractivity contribution in [1.82, 2.24) is 14.5 Å². The van der Waals surface area contributed by atoms with Gasteiger partial charge in [0.25, 0.3) is 5.91 Å². The van der Waals surface area contributed by atoms with Crippen LogP contribution in [-0.4, -0.2) is 37.9 Å². The largest absolute Gasteiger partial charge is 0.381 e. The fourth-order valence-corrected chi connectivity index (χ4v) is 3.06. The van der Waals surface area contributed by atoms with Crippen LogP contribution in [0, 0.1) is 10.1 Å². The third-order valence-corrected chi connectivity index (χ3v) is 4.26. The summed E-state index contributed by atoms with van der Waals surface area (Å²) in [5, 5.41) is 10.9. The molecule has 2 aromatic rings. The average molecular weight is 314 g/mol. The summed E-state index contributed by atoms with van der Waals surface area (Å²) in [6.45, 7) is 2.75. The lowest BCUT2D eigenvalue weighted by atomic mass is 10.0. The fourth-order valence-electron chi connectivity index (χ4n) is 3.06. The van der Waals surface area contributed by atoms with E-state index < -0.39 is 11.0 Å². The van der Waals surface area contributed by atoms with Crippen molar-refractivity contribution in [2.45, 2.75) is 31.8 Å². The maximum absolute atomic E-state index is 13.0. The fraction of sp³-hybridized carbons (Fsp3) is 0.375. The molecule has 2 atom stereocenters. The van der Waals surface area contributed by atoms with E-state index in [-0.39, 0.29) is 17.8 Å². The van der Waals surface area contributed by atoms with Gasteiger partial charge in [0.05, 0.1) is 0 Å². The maximum Gasteiger partial charge on any atom is 0.381 e. The minimum Gasteiger partial charge on any atom is -0.358 e. The summed E-state index contributed by atoms with van der Waals surface area (Å²) < 4.78 is 1.53. The summed E-state index contributed by atoms with van der Waals surface area (Å²) in [6.07, 6.45) is 4.64. The van der Waals surface area contributed by atoms with E-state index in [0.29, 0.717) is 0 Å². The first-order valence-corrected chi connectivity index (χ1v) is 7.61. The van der Waals surface area contributed by atoms with Crippen LogP contribution in [0.15, 0.2) is 42.9 Å². The first-order valence-electron chi connectivity index (χ1n) is 7.61. The second-order valence-corrected chi connectivity index (χ2v) is 5.77. The summed E-state index contributed by atoms with van der Waals surface area (Å²) in [6, 6.07) is 8.86. The Balaban J connectivity index is 1.99. The molecule has 0 radical (unpaired) electrons. The lowest BCUT2D eigenvalue weighted by Crippen LogP contribution is -2.39. The van der Waals surface area contributed by atoms with E-state index in [1.165, 1.54) is 17.1 Å². The number of nitro groups is 1. The molecule has 7 heteroatoms. The molecule has 1 saturated heterocycles. The summed E-state index contributed by atoms with van der Waals surface area (Å²) in [5.41, 5.74) is 0.795. The van der Waals surface area contributed by atoms with Crippen molar-refractivity contribution in [1.29, 1.82) is 0 Å².